The van der Waals surface area contributed by atoms with Crippen molar-refractivity contribution < 1.29 is 14.6 Å². The molecule has 1 saturated heterocycles. The molecule has 100 valence electrons. The van der Waals surface area contributed by atoms with Crippen LogP contribution in [-0.2, 0) is 9.47 Å². The molecule has 1 aliphatic rings. The molecule has 0 spiro atoms. The van der Waals surface area contributed by atoms with Crippen molar-refractivity contribution >= 4 is 0 Å². The minimum atomic E-state index is -0.856. The fourth-order valence-corrected chi connectivity index (χ4v) is 2.30. The normalized spacial score (nSPS) is 28.6. The van der Waals surface area contributed by atoms with Crippen molar-refractivity contribution in [3.63, 3.8) is 0 Å². The van der Waals surface area contributed by atoms with Gasteiger partial charge < -0.3 is 14.6 Å². The lowest BCUT2D eigenvalue weighted by Crippen LogP contribution is -2.45. The molecule has 3 heteroatoms. The van der Waals surface area contributed by atoms with E-state index in [-0.39, 0.29) is 6.10 Å². The Bertz CT molecular complexity index is 262. The second-order valence-corrected chi connectivity index (χ2v) is 5.63. The van der Waals surface area contributed by atoms with Crippen molar-refractivity contribution in [1.29, 1.82) is 0 Å². The van der Waals surface area contributed by atoms with E-state index in [2.05, 4.69) is 20.4 Å². The quantitative estimate of drug-likeness (QED) is 0.728. The molecule has 0 aromatic carbocycles. The van der Waals surface area contributed by atoms with Crippen LogP contribution in [0, 0.1) is 5.92 Å². The third-order valence-corrected chi connectivity index (χ3v) is 3.50. The van der Waals surface area contributed by atoms with Gasteiger partial charge >= 0.3 is 0 Å². The van der Waals surface area contributed by atoms with E-state index in [1.807, 2.05) is 13.8 Å². The summed E-state index contributed by atoms with van der Waals surface area (Å²) < 4.78 is 11.3. The first kappa shape index (κ1) is 14.7. The molecule has 1 heterocycles. The molecular weight excluding hydrogens is 216 g/mol. The zero-order valence-electron chi connectivity index (χ0n) is 11.5. The molecule has 0 aliphatic carbocycles. The minimum Gasteiger partial charge on any atom is -0.387 e. The molecule has 1 rings (SSSR count). The maximum absolute atomic E-state index is 10.8. The molecule has 1 fully saturated rings. The molecule has 0 amide bonds. The Morgan fingerprint density at radius 1 is 1.59 bits per heavy atom. The van der Waals surface area contributed by atoms with Crippen LogP contribution < -0.4 is 0 Å². The fraction of sp³-hybridized carbons (Fsp3) is 0.857. The third kappa shape index (κ3) is 3.80. The zero-order valence-corrected chi connectivity index (χ0v) is 11.5. The van der Waals surface area contributed by atoms with E-state index in [1.54, 1.807) is 6.08 Å². The Morgan fingerprint density at radius 2 is 2.24 bits per heavy atom. The molecule has 3 nitrogen and oxygen atoms in total. The Hall–Kier alpha value is -0.380. The summed E-state index contributed by atoms with van der Waals surface area (Å²) >= 11 is 0. The summed E-state index contributed by atoms with van der Waals surface area (Å²) in [4.78, 5) is 0. The number of ether oxygens (including phenoxy) is 2. The van der Waals surface area contributed by atoms with Crippen LogP contribution in [0.25, 0.3) is 0 Å². The number of hydrogen-bond acceptors (Lipinski definition) is 3. The topological polar surface area (TPSA) is 38.7 Å². The summed E-state index contributed by atoms with van der Waals surface area (Å²) in [7, 11) is 0. The van der Waals surface area contributed by atoms with Gasteiger partial charge in [-0.1, -0.05) is 26.3 Å². The molecular formula is C14H26O3. The first-order valence-electron chi connectivity index (χ1n) is 6.48. The maximum atomic E-state index is 10.8. The van der Waals surface area contributed by atoms with Gasteiger partial charge in [0.05, 0.1) is 12.2 Å². The summed E-state index contributed by atoms with van der Waals surface area (Å²) in [5.41, 5.74) is -0.856. The van der Waals surface area contributed by atoms with Gasteiger partial charge in [0.1, 0.15) is 6.10 Å². The van der Waals surface area contributed by atoms with E-state index < -0.39 is 11.4 Å². The lowest BCUT2D eigenvalue weighted by Gasteiger charge is -2.34. The average molecular weight is 242 g/mol. The lowest BCUT2D eigenvalue weighted by molar-refractivity contribution is -0.173. The van der Waals surface area contributed by atoms with Crippen LogP contribution in [0.15, 0.2) is 12.7 Å². The maximum Gasteiger partial charge on any atom is 0.163 e. The predicted octanol–water partition coefficient (Wildman–Crippen LogP) is 2.88. The minimum absolute atomic E-state index is 0.260. The van der Waals surface area contributed by atoms with Crippen LogP contribution in [0.1, 0.15) is 47.0 Å². The molecule has 0 bridgehead atoms. The summed E-state index contributed by atoms with van der Waals surface area (Å²) in [6.45, 7) is 12.2. The zero-order chi connectivity index (χ0) is 13.1. The van der Waals surface area contributed by atoms with Crippen molar-refractivity contribution in [2.24, 2.45) is 5.92 Å². The Kier molecular flexibility index (Phi) is 4.76. The monoisotopic (exact) mass is 242 g/mol. The van der Waals surface area contributed by atoms with Gasteiger partial charge in [-0.25, -0.2) is 0 Å². The van der Waals surface area contributed by atoms with Crippen molar-refractivity contribution in [1.82, 2.24) is 0 Å². The smallest absolute Gasteiger partial charge is 0.163 e. The van der Waals surface area contributed by atoms with Gasteiger partial charge in [0, 0.05) is 0 Å². The fourth-order valence-electron chi connectivity index (χ4n) is 2.30. The summed E-state index contributed by atoms with van der Waals surface area (Å²) in [6, 6.07) is 0. The Labute approximate surface area is 105 Å². The third-order valence-electron chi connectivity index (χ3n) is 3.50. The SMILES string of the molecule is C=CC[C@@](O)(C[C@@H](C)CC)[C@H]1COC(C)(C)O1. The van der Waals surface area contributed by atoms with Crippen molar-refractivity contribution in [2.45, 2.75) is 64.4 Å². The predicted molar refractivity (Wildman–Crippen MR) is 68.7 cm³/mol. The van der Waals surface area contributed by atoms with Gasteiger partial charge in [-0.05, 0) is 32.6 Å². The van der Waals surface area contributed by atoms with Crippen LogP contribution in [0.5, 0.6) is 0 Å². The highest BCUT2D eigenvalue weighted by molar-refractivity contribution is 4.96. The highest BCUT2D eigenvalue weighted by Gasteiger charge is 2.45. The van der Waals surface area contributed by atoms with E-state index in [4.69, 9.17) is 9.47 Å². The number of aliphatic hydroxyl groups is 1. The Balaban J connectivity index is 2.73. The second kappa shape index (κ2) is 5.51. The van der Waals surface area contributed by atoms with Gasteiger partial charge in [-0.2, -0.15) is 0 Å². The van der Waals surface area contributed by atoms with E-state index in [9.17, 15) is 5.11 Å². The first-order chi connectivity index (χ1) is 7.83. The van der Waals surface area contributed by atoms with Gasteiger partial charge in [-0.15, -0.1) is 6.58 Å². The van der Waals surface area contributed by atoms with Crippen LogP contribution in [0.4, 0.5) is 0 Å². The van der Waals surface area contributed by atoms with E-state index >= 15 is 0 Å². The molecule has 0 saturated carbocycles. The molecule has 0 radical (unpaired) electrons. The highest BCUT2D eigenvalue weighted by Crippen LogP contribution is 2.35. The van der Waals surface area contributed by atoms with Crippen LogP contribution in [0.2, 0.25) is 0 Å². The average Bonchev–Trinajstić information content (AvgIpc) is 2.59. The molecule has 0 aromatic rings. The van der Waals surface area contributed by atoms with Gasteiger partial charge in [0.15, 0.2) is 5.79 Å². The van der Waals surface area contributed by atoms with E-state index in [1.165, 1.54) is 0 Å². The second-order valence-electron chi connectivity index (χ2n) is 5.63. The molecule has 0 unspecified atom stereocenters. The largest absolute Gasteiger partial charge is 0.387 e. The number of rotatable bonds is 6. The van der Waals surface area contributed by atoms with E-state index in [0.717, 1.165) is 12.8 Å². The summed E-state index contributed by atoms with van der Waals surface area (Å²) in [5.74, 6) is -0.123. The van der Waals surface area contributed by atoms with Crippen molar-refractivity contribution in [3.8, 4) is 0 Å². The molecule has 1 N–H and O–H groups in total. The molecule has 0 aromatic heterocycles. The van der Waals surface area contributed by atoms with Crippen LogP contribution in [-0.4, -0.2) is 29.2 Å². The highest BCUT2D eigenvalue weighted by atomic mass is 16.7. The van der Waals surface area contributed by atoms with Crippen molar-refractivity contribution in [3.05, 3.63) is 12.7 Å². The van der Waals surface area contributed by atoms with Crippen LogP contribution in [0.3, 0.4) is 0 Å². The molecule has 1 aliphatic heterocycles. The molecule has 17 heavy (non-hydrogen) atoms. The first-order valence-corrected chi connectivity index (χ1v) is 6.48. The summed E-state index contributed by atoms with van der Waals surface area (Å²) in [6.07, 6.45) is 3.82. The van der Waals surface area contributed by atoms with Gasteiger partial charge in [0.25, 0.3) is 0 Å². The lowest BCUT2D eigenvalue weighted by atomic mass is 9.83. The van der Waals surface area contributed by atoms with Crippen molar-refractivity contribution in [2.75, 3.05) is 6.61 Å². The van der Waals surface area contributed by atoms with Crippen LogP contribution >= 0.6 is 0 Å². The van der Waals surface area contributed by atoms with Gasteiger partial charge in [-0.3, -0.25) is 0 Å². The Morgan fingerprint density at radius 3 is 2.65 bits per heavy atom. The summed E-state index contributed by atoms with van der Waals surface area (Å²) in [5, 5.41) is 10.8. The molecule has 3 atom stereocenters. The van der Waals surface area contributed by atoms with Gasteiger partial charge in [0.2, 0.25) is 0 Å². The number of hydrogen-bond donors (Lipinski definition) is 1. The van der Waals surface area contributed by atoms with E-state index in [0.29, 0.717) is 18.9 Å². The standard InChI is InChI=1S/C14H26O3/c1-6-8-14(15,9-11(3)7-2)12-10-16-13(4,5)17-12/h6,11-12,15H,1,7-10H2,2-5H3/t11-,12+,14+/m0/s1.